The van der Waals surface area contributed by atoms with Gasteiger partial charge in [0.05, 0.1) is 5.69 Å². The average molecular weight is 254 g/mol. The number of benzene rings is 1. The van der Waals surface area contributed by atoms with Gasteiger partial charge in [-0.25, -0.2) is 0 Å². The first-order chi connectivity index (χ1) is 7.63. The van der Waals surface area contributed by atoms with Crippen LogP contribution in [0, 0.1) is 0 Å². The Bertz CT molecular complexity index is 579. The van der Waals surface area contributed by atoms with E-state index in [1.807, 2.05) is 36.4 Å². The molecule has 2 nitrogen and oxygen atoms in total. The molecule has 0 radical (unpaired) electrons. The normalized spacial score (nSPS) is 10.7. The van der Waals surface area contributed by atoms with Gasteiger partial charge in [-0.1, -0.05) is 11.6 Å². The Morgan fingerprint density at radius 2 is 2.19 bits per heavy atom. The monoisotopic (exact) mass is 253 g/mol. The number of hydrogen-bond donors (Lipinski definition) is 0. The maximum absolute atomic E-state index is 12.2. The van der Waals surface area contributed by atoms with E-state index >= 15 is 0 Å². The third-order valence-corrected chi connectivity index (χ3v) is 3.79. The van der Waals surface area contributed by atoms with E-state index in [0.29, 0.717) is 10.4 Å². The summed E-state index contributed by atoms with van der Waals surface area (Å²) in [4.78, 5) is 14.1. The van der Waals surface area contributed by atoms with Gasteiger partial charge in [0.2, 0.25) is 5.43 Å². The molecule has 0 amide bonds. The van der Waals surface area contributed by atoms with Gasteiger partial charge in [-0.3, -0.25) is 4.79 Å². The Kier molecular flexibility index (Phi) is 3.17. The summed E-state index contributed by atoms with van der Waals surface area (Å²) >= 11 is 7.48. The van der Waals surface area contributed by atoms with Gasteiger partial charge < -0.3 is 4.90 Å². The summed E-state index contributed by atoms with van der Waals surface area (Å²) in [7, 11) is 1.92. The summed E-state index contributed by atoms with van der Waals surface area (Å²) in [5.41, 5.74) is 0.794. The highest BCUT2D eigenvalue weighted by atomic mass is 35.5. The molecule has 0 unspecified atom stereocenters. The first-order valence-corrected chi connectivity index (χ1v) is 6.31. The van der Waals surface area contributed by atoms with Crippen molar-refractivity contribution >= 4 is 38.7 Å². The predicted molar refractivity (Wildman–Crippen MR) is 72.0 cm³/mol. The highest BCUT2D eigenvalue weighted by Crippen LogP contribution is 2.23. The van der Waals surface area contributed by atoms with Crippen molar-refractivity contribution in [1.29, 1.82) is 0 Å². The number of rotatable bonds is 2. The molecule has 0 aliphatic rings. The van der Waals surface area contributed by atoms with E-state index in [1.165, 1.54) is 0 Å². The van der Waals surface area contributed by atoms with Gasteiger partial charge in [0, 0.05) is 34.1 Å². The highest BCUT2D eigenvalue weighted by molar-refractivity contribution is 7.16. The summed E-state index contributed by atoms with van der Waals surface area (Å²) in [5, 5.41) is 3.21. The van der Waals surface area contributed by atoms with Crippen LogP contribution in [0.4, 0.5) is 5.69 Å². The van der Waals surface area contributed by atoms with Crippen LogP contribution in [-0.2, 0) is 0 Å². The van der Waals surface area contributed by atoms with Gasteiger partial charge in [0.15, 0.2) is 0 Å². The molecule has 0 spiro atoms. The van der Waals surface area contributed by atoms with E-state index < -0.39 is 0 Å². The Labute approximate surface area is 103 Å². The van der Waals surface area contributed by atoms with Crippen LogP contribution >= 0.6 is 22.9 Å². The molecular formula is C12H12ClNOS. The Hall–Kier alpha value is -1.06. The molecular weight excluding hydrogens is 242 g/mol. The Morgan fingerprint density at radius 3 is 2.88 bits per heavy atom. The van der Waals surface area contributed by atoms with E-state index in [2.05, 4.69) is 0 Å². The lowest BCUT2D eigenvalue weighted by Gasteiger charge is -2.15. The first-order valence-electron chi connectivity index (χ1n) is 5.05. The Balaban J connectivity index is 2.73. The van der Waals surface area contributed by atoms with Crippen LogP contribution in [0.3, 0.4) is 0 Å². The molecule has 0 aliphatic heterocycles. The van der Waals surface area contributed by atoms with Crippen LogP contribution in [0.5, 0.6) is 0 Å². The third-order valence-electron chi connectivity index (χ3n) is 2.60. The van der Waals surface area contributed by atoms with E-state index in [0.717, 1.165) is 16.9 Å². The van der Waals surface area contributed by atoms with Gasteiger partial charge in [0.25, 0.3) is 0 Å². The highest BCUT2D eigenvalue weighted by Gasteiger charge is 2.08. The summed E-state index contributed by atoms with van der Waals surface area (Å²) in [6.07, 6.45) is 0. The van der Waals surface area contributed by atoms with E-state index in [1.54, 1.807) is 17.4 Å². The second-order valence-electron chi connectivity index (χ2n) is 3.60. The summed E-state index contributed by atoms with van der Waals surface area (Å²) in [6.45, 7) is 2.83. The summed E-state index contributed by atoms with van der Waals surface area (Å²) in [6, 6.07) is 5.44. The van der Waals surface area contributed by atoms with Crippen LogP contribution in [0.2, 0.25) is 5.02 Å². The zero-order valence-electron chi connectivity index (χ0n) is 9.16. The number of halogens is 1. The fourth-order valence-corrected chi connectivity index (χ4v) is 2.65. The fourth-order valence-electron chi connectivity index (χ4n) is 1.53. The standard InChI is InChI=1S/C12H12ClNOS/c1-3-14(2)10-7-16-11-5-4-8(13)6-9(11)12(10)15/h4-7H,3H2,1-2H3. The molecule has 0 saturated carbocycles. The lowest BCUT2D eigenvalue weighted by molar-refractivity contribution is 0.966. The van der Waals surface area contributed by atoms with Crippen LogP contribution < -0.4 is 10.3 Å². The van der Waals surface area contributed by atoms with E-state index in [4.69, 9.17) is 11.6 Å². The zero-order chi connectivity index (χ0) is 11.7. The number of nitrogens with zero attached hydrogens (tertiary/aromatic N) is 1. The number of anilines is 1. The van der Waals surface area contributed by atoms with Crippen LogP contribution in [0.15, 0.2) is 28.4 Å². The molecule has 2 aromatic rings. The second kappa shape index (κ2) is 4.44. The molecule has 0 atom stereocenters. The third kappa shape index (κ3) is 1.93. The SMILES string of the molecule is CCN(C)c1csc2ccc(Cl)cc2c1=O. The van der Waals surface area contributed by atoms with Crippen molar-refractivity contribution in [3.05, 3.63) is 38.8 Å². The molecule has 0 bridgehead atoms. The summed E-state index contributed by atoms with van der Waals surface area (Å²) < 4.78 is 0.975. The maximum atomic E-state index is 12.2. The number of fused-ring (bicyclic) bond motifs is 1. The fraction of sp³-hybridized carbons (Fsp3) is 0.250. The Morgan fingerprint density at radius 1 is 1.44 bits per heavy atom. The van der Waals surface area contributed by atoms with Gasteiger partial charge in [-0.15, -0.1) is 11.3 Å². The van der Waals surface area contributed by atoms with E-state index in [-0.39, 0.29) is 5.43 Å². The van der Waals surface area contributed by atoms with Gasteiger partial charge in [0.1, 0.15) is 0 Å². The minimum Gasteiger partial charge on any atom is -0.371 e. The van der Waals surface area contributed by atoms with Crippen LogP contribution in [-0.4, -0.2) is 13.6 Å². The molecule has 0 aliphatic carbocycles. The average Bonchev–Trinajstić information content (AvgIpc) is 2.29. The van der Waals surface area contributed by atoms with E-state index in [9.17, 15) is 4.79 Å². The lowest BCUT2D eigenvalue weighted by atomic mass is 10.2. The minimum atomic E-state index is 0.0561. The van der Waals surface area contributed by atoms with Crippen LogP contribution in [0.25, 0.3) is 10.1 Å². The molecule has 4 heteroatoms. The predicted octanol–water partition coefficient (Wildman–Crippen LogP) is 3.37. The molecule has 0 N–H and O–H groups in total. The summed E-state index contributed by atoms with van der Waals surface area (Å²) in [5.74, 6) is 0. The second-order valence-corrected chi connectivity index (χ2v) is 4.95. The van der Waals surface area contributed by atoms with Crippen molar-refractivity contribution in [3.63, 3.8) is 0 Å². The molecule has 2 rings (SSSR count). The largest absolute Gasteiger partial charge is 0.371 e. The van der Waals surface area contributed by atoms with Crippen LogP contribution in [0.1, 0.15) is 6.92 Å². The van der Waals surface area contributed by atoms with Gasteiger partial charge in [-0.05, 0) is 25.1 Å². The molecule has 84 valence electrons. The van der Waals surface area contributed by atoms with Crippen molar-refractivity contribution < 1.29 is 0 Å². The van der Waals surface area contributed by atoms with Gasteiger partial charge in [-0.2, -0.15) is 0 Å². The van der Waals surface area contributed by atoms with Crippen molar-refractivity contribution in [3.8, 4) is 0 Å². The van der Waals surface area contributed by atoms with Crippen molar-refractivity contribution in [2.45, 2.75) is 6.92 Å². The van der Waals surface area contributed by atoms with Crippen molar-refractivity contribution in [2.24, 2.45) is 0 Å². The zero-order valence-corrected chi connectivity index (χ0v) is 10.7. The molecule has 1 heterocycles. The molecule has 0 fully saturated rings. The minimum absolute atomic E-state index is 0.0561. The quantitative estimate of drug-likeness (QED) is 0.818. The first kappa shape index (κ1) is 11.4. The van der Waals surface area contributed by atoms with Crippen molar-refractivity contribution in [1.82, 2.24) is 0 Å². The lowest BCUT2D eigenvalue weighted by Crippen LogP contribution is -2.22. The molecule has 0 saturated heterocycles. The molecule has 1 aromatic heterocycles. The smallest absolute Gasteiger partial charge is 0.211 e. The van der Waals surface area contributed by atoms with Crippen molar-refractivity contribution in [2.75, 3.05) is 18.5 Å². The van der Waals surface area contributed by atoms with Gasteiger partial charge >= 0.3 is 0 Å². The molecule has 1 aromatic carbocycles. The topological polar surface area (TPSA) is 20.3 Å². The maximum Gasteiger partial charge on any atom is 0.211 e. The number of hydrogen-bond acceptors (Lipinski definition) is 3. The molecule has 16 heavy (non-hydrogen) atoms.